The second-order valence-corrected chi connectivity index (χ2v) is 5.50. The minimum atomic E-state index is -0.164. The smallest absolute Gasteiger partial charge is 0.249 e. The Kier molecular flexibility index (Phi) is 5.58. The average Bonchev–Trinajstić information content (AvgIpc) is 2.61. The molecular formula is C19H20N2O3. The molecule has 0 unspecified atom stereocenters. The molecule has 0 amide bonds. The summed E-state index contributed by atoms with van der Waals surface area (Å²) in [5.74, 6) is 0.523. The molecule has 0 bridgehead atoms. The number of nitrogens with zero attached hydrogens (tertiary/aromatic N) is 1. The Bertz CT molecular complexity index is 831. The minimum Gasteiger partial charge on any atom is -0.478 e. The first-order valence-corrected chi connectivity index (χ1v) is 8.06. The molecule has 3 rings (SSSR count). The van der Waals surface area contributed by atoms with E-state index in [4.69, 9.17) is 9.47 Å². The number of hydrogen-bond acceptors (Lipinski definition) is 4. The van der Waals surface area contributed by atoms with Gasteiger partial charge in [0.2, 0.25) is 11.4 Å². The molecule has 0 saturated heterocycles. The molecule has 1 aromatic carbocycles. The van der Waals surface area contributed by atoms with E-state index < -0.39 is 0 Å². The van der Waals surface area contributed by atoms with E-state index in [2.05, 4.69) is 22.1 Å². The Hall–Kier alpha value is -2.66. The van der Waals surface area contributed by atoms with Crippen LogP contribution in [0.4, 0.5) is 0 Å². The molecular weight excluding hydrogens is 304 g/mol. The number of fused-ring (bicyclic) bond motifs is 1. The maximum absolute atomic E-state index is 11.3. The number of H-pyrrole nitrogens is 1. The lowest BCUT2D eigenvalue weighted by atomic mass is 10.2. The monoisotopic (exact) mass is 324 g/mol. The van der Waals surface area contributed by atoms with Crippen molar-refractivity contribution in [3.05, 3.63) is 70.5 Å². The number of hydrogen-bond donors (Lipinski definition) is 1. The predicted octanol–water partition coefficient (Wildman–Crippen LogP) is 3.30. The van der Waals surface area contributed by atoms with Gasteiger partial charge in [0.25, 0.3) is 0 Å². The van der Waals surface area contributed by atoms with Gasteiger partial charge >= 0.3 is 0 Å². The highest BCUT2D eigenvalue weighted by Gasteiger charge is 2.00. The van der Waals surface area contributed by atoms with Crippen LogP contribution >= 0.6 is 0 Å². The summed E-state index contributed by atoms with van der Waals surface area (Å²) >= 11 is 0. The third kappa shape index (κ3) is 4.67. The summed E-state index contributed by atoms with van der Waals surface area (Å²) in [6.07, 6.45) is 1.82. The second-order valence-electron chi connectivity index (χ2n) is 5.50. The first-order valence-electron chi connectivity index (χ1n) is 8.06. The third-order valence-corrected chi connectivity index (χ3v) is 3.60. The minimum absolute atomic E-state index is 0.164. The van der Waals surface area contributed by atoms with Gasteiger partial charge in [0.05, 0.1) is 13.2 Å². The number of pyridine rings is 2. The third-order valence-electron chi connectivity index (χ3n) is 3.60. The molecule has 0 radical (unpaired) electrons. The molecule has 3 aromatic rings. The van der Waals surface area contributed by atoms with E-state index in [9.17, 15) is 4.79 Å². The van der Waals surface area contributed by atoms with Crippen LogP contribution in [0.25, 0.3) is 11.0 Å². The van der Waals surface area contributed by atoms with E-state index in [1.165, 1.54) is 11.6 Å². The quantitative estimate of drug-likeness (QED) is 0.646. The summed E-state index contributed by atoms with van der Waals surface area (Å²) in [5.41, 5.74) is 1.57. The Morgan fingerprint density at radius 3 is 2.58 bits per heavy atom. The zero-order valence-electron chi connectivity index (χ0n) is 13.4. The zero-order valence-corrected chi connectivity index (χ0v) is 13.4. The van der Waals surface area contributed by atoms with E-state index in [1.54, 1.807) is 6.07 Å². The summed E-state index contributed by atoms with van der Waals surface area (Å²) in [6.45, 7) is 1.92. The maximum Gasteiger partial charge on any atom is 0.249 e. The molecule has 2 aromatic heterocycles. The van der Waals surface area contributed by atoms with Crippen LogP contribution < -0.4 is 10.3 Å². The number of unbranched alkanes of at least 4 members (excludes halogenated alkanes) is 1. The Morgan fingerprint density at radius 1 is 0.917 bits per heavy atom. The molecule has 5 nitrogen and oxygen atoms in total. The van der Waals surface area contributed by atoms with Crippen molar-refractivity contribution in [3.63, 3.8) is 0 Å². The van der Waals surface area contributed by atoms with Crippen LogP contribution in [0.1, 0.15) is 18.4 Å². The largest absolute Gasteiger partial charge is 0.478 e. The molecule has 0 aliphatic rings. The predicted molar refractivity (Wildman–Crippen MR) is 93.2 cm³/mol. The number of nitrogens with one attached hydrogen (secondary N) is 1. The van der Waals surface area contributed by atoms with E-state index in [0.717, 1.165) is 18.2 Å². The number of aromatic nitrogens is 2. The van der Waals surface area contributed by atoms with Crippen molar-refractivity contribution in [1.82, 2.24) is 9.97 Å². The fourth-order valence-corrected chi connectivity index (χ4v) is 2.34. The molecule has 2 heterocycles. The fraction of sp³-hybridized carbons (Fsp3) is 0.263. The Morgan fingerprint density at radius 2 is 1.71 bits per heavy atom. The molecule has 0 atom stereocenters. The fourth-order valence-electron chi connectivity index (χ4n) is 2.34. The van der Waals surface area contributed by atoms with Gasteiger partial charge in [-0.1, -0.05) is 30.3 Å². The lowest BCUT2D eigenvalue weighted by Crippen LogP contribution is -2.05. The molecule has 5 heteroatoms. The van der Waals surface area contributed by atoms with Crippen molar-refractivity contribution in [2.75, 3.05) is 13.2 Å². The van der Waals surface area contributed by atoms with E-state index in [-0.39, 0.29) is 5.56 Å². The topological polar surface area (TPSA) is 64.2 Å². The van der Waals surface area contributed by atoms with Crippen LogP contribution in [-0.4, -0.2) is 23.2 Å². The summed E-state index contributed by atoms with van der Waals surface area (Å²) in [7, 11) is 0. The van der Waals surface area contributed by atoms with Crippen molar-refractivity contribution in [2.24, 2.45) is 0 Å². The summed E-state index contributed by atoms with van der Waals surface area (Å²) < 4.78 is 11.3. The summed E-state index contributed by atoms with van der Waals surface area (Å²) in [6, 6.07) is 17.1. The van der Waals surface area contributed by atoms with Gasteiger partial charge in [0, 0.05) is 24.1 Å². The molecule has 0 spiro atoms. The highest BCUT2D eigenvalue weighted by Crippen LogP contribution is 2.13. The Labute approximate surface area is 140 Å². The highest BCUT2D eigenvalue weighted by atomic mass is 16.5. The zero-order chi connectivity index (χ0) is 16.6. The van der Waals surface area contributed by atoms with E-state index >= 15 is 0 Å². The molecule has 1 N–H and O–H groups in total. The number of aromatic amines is 1. The first-order chi connectivity index (χ1) is 11.8. The van der Waals surface area contributed by atoms with Crippen molar-refractivity contribution >= 4 is 11.0 Å². The summed E-state index contributed by atoms with van der Waals surface area (Å²) in [5, 5.41) is 0.885. The van der Waals surface area contributed by atoms with E-state index in [1.807, 2.05) is 30.3 Å². The summed E-state index contributed by atoms with van der Waals surface area (Å²) in [4.78, 5) is 18.3. The lowest BCUT2D eigenvalue weighted by molar-refractivity contribution is 0.113. The van der Waals surface area contributed by atoms with Gasteiger partial charge in [-0.25, -0.2) is 0 Å². The van der Waals surface area contributed by atoms with Crippen molar-refractivity contribution in [1.29, 1.82) is 0 Å². The van der Waals surface area contributed by atoms with Gasteiger partial charge in [0.1, 0.15) is 5.65 Å². The number of benzene rings is 1. The molecule has 124 valence electrons. The standard InChI is InChI=1S/C19H20N2O3/c22-17-10-8-16-9-11-18(21-19(16)20-17)24-13-5-4-12-23-14-15-6-2-1-3-7-15/h1-3,6-11H,4-5,12-14H2,(H,20,21,22). The molecule has 0 aliphatic heterocycles. The number of ether oxygens (including phenoxy) is 2. The first kappa shape index (κ1) is 16.2. The lowest BCUT2D eigenvalue weighted by Gasteiger charge is -2.07. The van der Waals surface area contributed by atoms with Gasteiger partial charge in [-0.05, 0) is 30.5 Å². The van der Waals surface area contributed by atoms with Crippen LogP contribution in [0.3, 0.4) is 0 Å². The molecule has 0 saturated carbocycles. The molecule has 0 aliphatic carbocycles. The Balaban J connectivity index is 1.37. The van der Waals surface area contributed by atoms with Gasteiger partial charge in [-0.15, -0.1) is 0 Å². The molecule has 0 fully saturated rings. The van der Waals surface area contributed by atoms with Crippen molar-refractivity contribution in [3.8, 4) is 5.88 Å². The maximum atomic E-state index is 11.3. The average molecular weight is 324 g/mol. The molecule has 24 heavy (non-hydrogen) atoms. The van der Waals surface area contributed by atoms with Crippen molar-refractivity contribution < 1.29 is 9.47 Å². The van der Waals surface area contributed by atoms with Crippen LogP contribution in [0.15, 0.2) is 59.4 Å². The van der Waals surface area contributed by atoms with Crippen LogP contribution in [0, 0.1) is 0 Å². The van der Waals surface area contributed by atoms with Gasteiger partial charge < -0.3 is 14.5 Å². The van der Waals surface area contributed by atoms with Crippen molar-refractivity contribution in [2.45, 2.75) is 19.4 Å². The van der Waals surface area contributed by atoms with Gasteiger partial charge in [0.15, 0.2) is 0 Å². The van der Waals surface area contributed by atoms with Gasteiger partial charge in [-0.2, -0.15) is 4.98 Å². The highest BCUT2D eigenvalue weighted by molar-refractivity contribution is 5.74. The van der Waals surface area contributed by atoms with Gasteiger partial charge in [-0.3, -0.25) is 4.79 Å². The number of rotatable bonds is 8. The van der Waals surface area contributed by atoms with E-state index in [0.29, 0.717) is 31.3 Å². The second kappa shape index (κ2) is 8.26. The van der Waals surface area contributed by atoms with Crippen LogP contribution in [0.2, 0.25) is 0 Å². The van der Waals surface area contributed by atoms with Crippen LogP contribution in [-0.2, 0) is 11.3 Å². The normalized spacial score (nSPS) is 10.8. The van der Waals surface area contributed by atoms with Crippen LogP contribution in [0.5, 0.6) is 5.88 Å². The SMILES string of the molecule is O=c1ccc2ccc(OCCCCOCc3ccccc3)nc2[nH]1.